The van der Waals surface area contributed by atoms with Gasteiger partial charge in [-0.15, -0.1) is 0 Å². The van der Waals surface area contributed by atoms with E-state index in [4.69, 9.17) is 5.73 Å². The molecule has 2 heterocycles. The molecule has 0 spiro atoms. The van der Waals surface area contributed by atoms with Crippen molar-refractivity contribution in [1.82, 2.24) is 9.97 Å². The lowest BCUT2D eigenvalue weighted by Gasteiger charge is -2.27. The maximum Gasteiger partial charge on any atom is 0.225 e. The van der Waals surface area contributed by atoms with Gasteiger partial charge in [-0.2, -0.15) is 0 Å². The molecule has 0 saturated carbocycles. The van der Waals surface area contributed by atoms with Crippen LogP contribution in [0.3, 0.4) is 0 Å². The van der Waals surface area contributed by atoms with Crippen LogP contribution >= 0.6 is 0 Å². The Balaban J connectivity index is 2.09. The first-order chi connectivity index (χ1) is 8.58. The standard InChI is InChI=1S/C14H24N4/c1-10(2)13-5-4-6-18(13)14-16-8-12(9-17-14)7-11(3)15/h8-11,13H,4-7,15H2,1-3H3. The molecule has 4 nitrogen and oxygen atoms in total. The summed E-state index contributed by atoms with van der Waals surface area (Å²) in [5.74, 6) is 1.53. The zero-order valence-electron chi connectivity index (χ0n) is 11.6. The minimum absolute atomic E-state index is 0.162. The number of aromatic nitrogens is 2. The molecule has 2 N–H and O–H groups in total. The molecule has 0 bridgehead atoms. The predicted octanol–water partition coefficient (Wildman–Crippen LogP) is 1.99. The minimum Gasteiger partial charge on any atom is -0.338 e. The van der Waals surface area contributed by atoms with Crippen LogP contribution in [-0.4, -0.2) is 28.6 Å². The van der Waals surface area contributed by atoms with Crippen molar-refractivity contribution in [2.45, 2.75) is 52.1 Å². The van der Waals surface area contributed by atoms with E-state index in [-0.39, 0.29) is 6.04 Å². The van der Waals surface area contributed by atoms with Gasteiger partial charge >= 0.3 is 0 Å². The average Bonchev–Trinajstić information content (AvgIpc) is 2.78. The highest BCUT2D eigenvalue weighted by atomic mass is 15.3. The summed E-state index contributed by atoms with van der Waals surface area (Å²) in [6.45, 7) is 7.62. The highest BCUT2D eigenvalue weighted by molar-refractivity contribution is 5.33. The fraction of sp³-hybridized carbons (Fsp3) is 0.714. The van der Waals surface area contributed by atoms with E-state index in [0.29, 0.717) is 12.0 Å². The summed E-state index contributed by atoms with van der Waals surface area (Å²) in [6, 6.07) is 0.749. The SMILES string of the molecule is CC(N)Cc1cnc(N2CCCC2C(C)C)nc1. The summed E-state index contributed by atoms with van der Waals surface area (Å²) in [5, 5.41) is 0. The fourth-order valence-corrected chi connectivity index (χ4v) is 2.71. The summed E-state index contributed by atoms with van der Waals surface area (Å²) in [5.41, 5.74) is 6.90. The highest BCUT2D eigenvalue weighted by Gasteiger charge is 2.28. The van der Waals surface area contributed by atoms with E-state index in [1.54, 1.807) is 0 Å². The van der Waals surface area contributed by atoms with Crippen LogP contribution < -0.4 is 10.6 Å². The highest BCUT2D eigenvalue weighted by Crippen LogP contribution is 2.26. The Morgan fingerprint density at radius 2 is 2.00 bits per heavy atom. The topological polar surface area (TPSA) is 55.0 Å². The zero-order valence-corrected chi connectivity index (χ0v) is 11.6. The van der Waals surface area contributed by atoms with E-state index >= 15 is 0 Å². The first kappa shape index (κ1) is 13.3. The number of anilines is 1. The third kappa shape index (κ3) is 2.99. The molecule has 100 valence electrons. The van der Waals surface area contributed by atoms with Crippen LogP contribution in [0.25, 0.3) is 0 Å². The molecule has 2 unspecified atom stereocenters. The Labute approximate surface area is 110 Å². The van der Waals surface area contributed by atoms with Crippen molar-refractivity contribution >= 4 is 5.95 Å². The third-order valence-corrected chi connectivity index (χ3v) is 3.58. The Kier molecular flexibility index (Phi) is 4.17. The second-order valence-electron chi connectivity index (χ2n) is 5.72. The smallest absolute Gasteiger partial charge is 0.225 e. The summed E-state index contributed by atoms with van der Waals surface area (Å²) < 4.78 is 0. The summed E-state index contributed by atoms with van der Waals surface area (Å²) >= 11 is 0. The Hall–Kier alpha value is -1.16. The lowest BCUT2D eigenvalue weighted by atomic mass is 10.0. The molecule has 0 aliphatic carbocycles. The van der Waals surface area contributed by atoms with Gasteiger partial charge in [0.05, 0.1) is 0 Å². The molecule has 2 atom stereocenters. The molecule has 1 fully saturated rings. The van der Waals surface area contributed by atoms with Gasteiger partial charge in [0.15, 0.2) is 0 Å². The van der Waals surface area contributed by atoms with Crippen molar-refractivity contribution in [3.63, 3.8) is 0 Å². The molecule has 2 rings (SSSR count). The monoisotopic (exact) mass is 248 g/mol. The van der Waals surface area contributed by atoms with Crippen LogP contribution in [-0.2, 0) is 6.42 Å². The Morgan fingerprint density at radius 1 is 1.33 bits per heavy atom. The molecule has 4 heteroatoms. The third-order valence-electron chi connectivity index (χ3n) is 3.58. The van der Waals surface area contributed by atoms with Crippen molar-refractivity contribution in [3.8, 4) is 0 Å². The van der Waals surface area contributed by atoms with E-state index < -0.39 is 0 Å². The Bertz CT molecular complexity index is 372. The van der Waals surface area contributed by atoms with Crippen LogP contribution in [0.5, 0.6) is 0 Å². The number of hydrogen-bond donors (Lipinski definition) is 1. The van der Waals surface area contributed by atoms with E-state index in [2.05, 4.69) is 28.7 Å². The molecular weight excluding hydrogens is 224 g/mol. The number of rotatable bonds is 4. The number of nitrogens with two attached hydrogens (primary N) is 1. The van der Waals surface area contributed by atoms with Crippen molar-refractivity contribution < 1.29 is 0 Å². The van der Waals surface area contributed by atoms with Crippen molar-refractivity contribution in [2.24, 2.45) is 11.7 Å². The first-order valence-corrected chi connectivity index (χ1v) is 6.91. The lowest BCUT2D eigenvalue weighted by molar-refractivity contribution is 0.487. The van der Waals surface area contributed by atoms with Gasteiger partial charge in [-0.1, -0.05) is 13.8 Å². The fourth-order valence-electron chi connectivity index (χ4n) is 2.71. The first-order valence-electron chi connectivity index (χ1n) is 6.91. The van der Waals surface area contributed by atoms with Crippen LogP contribution in [0.15, 0.2) is 12.4 Å². The molecule has 18 heavy (non-hydrogen) atoms. The molecule has 1 saturated heterocycles. The van der Waals surface area contributed by atoms with E-state index in [1.807, 2.05) is 19.3 Å². The maximum absolute atomic E-state index is 5.78. The van der Waals surface area contributed by atoms with Gasteiger partial charge in [0, 0.05) is 31.0 Å². The molecular formula is C14H24N4. The molecule has 1 aromatic heterocycles. The van der Waals surface area contributed by atoms with Crippen molar-refractivity contribution in [1.29, 1.82) is 0 Å². The van der Waals surface area contributed by atoms with Gasteiger partial charge in [0.1, 0.15) is 0 Å². The van der Waals surface area contributed by atoms with Crippen molar-refractivity contribution in [2.75, 3.05) is 11.4 Å². The second kappa shape index (κ2) is 5.65. The quantitative estimate of drug-likeness (QED) is 0.885. The largest absolute Gasteiger partial charge is 0.338 e. The van der Waals surface area contributed by atoms with Crippen LogP contribution in [0, 0.1) is 5.92 Å². The minimum atomic E-state index is 0.162. The van der Waals surface area contributed by atoms with Crippen LogP contribution in [0.2, 0.25) is 0 Å². The lowest BCUT2D eigenvalue weighted by Crippen LogP contribution is -2.34. The second-order valence-corrected chi connectivity index (χ2v) is 5.72. The van der Waals surface area contributed by atoms with Gasteiger partial charge in [0.2, 0.25) is 5.95 Å². The predicted molar refractivity (Wildman–Crippen MR) is 74.6 cm³/mol. The summed E-state index contributed by atoms with van der Waals surface area (Å²) in [7, 11) is 0. The van der Waals surface area contributed by atoms with Crippen LogP contribution in [0.1, 0.15) is 39.2 Å². The number of hydrogen-bond acceptors (Lipinski definition) is 4. The van der Waals surface area contributed by atoms with E-state index in [0.717, 1.165) is 24.5 Å². The van der Waals surface area contributed by atoms with Gasteiger partial charge in [-0.3, -0.25) is 0 Å². The molecule has 1 aliphatic heterocycles. The van der Waals surface area contributed by atoms with Gasteiger partial charge in [-0.05, 0) is 37.7 Å². The zero-order chi connectivity index (χ0) is 13.1. The average molecular weight is 248 g/mol. The maximum atomic E-state index is 5.78. The summed E-state index contributed by atoms with van der Waals surface area (Å²) in [6.07, 6.45) is 7.17. The molecule has 0 amide bonds. The van der Waals surface area contributed by atoms with Gasteiger partial charge in [0.25, 0.3) is 0 Å². The van der Waals surface area contributed by atoms with Gasteiger partial charge < -0.3 is 10.6 Å². The Morgan fingerprint density at radius 3 is 2.56 bits per heavy atom. The van der Waals surface area contributed by atoms with Crippen molar-refractivity contribution in [3.05, 3.63) is 18.0 Å². The molecule has 0 aromatic carbocycles. The van der Waals surface area contributed by atoms with Gasteiger partial charge in [-0.25, -0.2) is 9.97 Å². The van der Waals surface area contributed by atoms with E-state index in [9.17, 15) is 0 Å². The molecule has 1 aromatic rings. The van der Waals surface area contributed by atoms with Crippen LogP contribution in [0.4, 0.5) is 5.95 Å². The van der Waals surface area contributed by atoms with E-state index in [1.165, 1.54) is 12.8 Å². The number of nitrogens with zero attached hydrogens (tertiary/aromatic N) is 3. The molecule has 1 aliphatic rings. The molecule has 0 radical (unpaired) electrons. The summed E-state index contributed by atoms with van der Waals surface area (Å²) in [4.78, 5) is 11.4. The normalized spacial score (nSPS) is 21.6.